The van der Waals surface area contributed by atoms with E-state index in [4.69, 9.17) is 5.11 Å². The minimum absolute atomic E-state index is 0.343. The molecule has 3 nitrogen and oxygen atoms in total. The van der Waals surface area contributed by atoms with Crippen LogP contribution < -0.4 is 5.32 Å². The Balaban J connectivity index is 2.51. The largest absolute Gasteiger partial charge is 0.478 e. The van der Waals surface area contributed by atoms with Crippen LogP contribution in [-0.2, 0) is 6.42 Å². The molecule has 0 spiro atoms. The highest BCUT2D eigenvalue weighted by Crippen LogP contribution is 2.28. The maximum atomic E-state index is 10.8. The van der Waals surface area contributed by atoms with Crippen LogP contribution in [0.3, 0.4) is 0 Å². The first-order valence-electron chi connectivity index (χ1n) is 4.30. The average molecular weight is 177 g/mol. The van der Waals surface area contributed by atoms with Crippen molar-refractivity contribution in [2.24, 2.45) is 0 Å². The Morgan fingerprint density at radius 3 is 3.08 bits per heavy atom. The normalized spacial score (nSPS) is 19.3. The molecule has 1 heterocycles. The second kappa shape index (κ2) is 2.76. The van der Waals surface area contributed by atoms with Gasteiger partial charge in [-0.05, 0) is 31.0 Å². The molecule has 0 unspecified atom stereocenters. The molecule has 0 saturated carbocycles. The lowest BCUT2D eigenvalue weighted by atomic mass is 10.0. The first kappa shape index (κ1) is 8.10. The number of hydrogen-bond acceptors (Lipinski definition) is 2. The maximum Gasteiger partial charge on any atom is 0.336 e. The summed E-state index contributed by atoms with van der Waals surface area (Å²) in [7, 11) is 0. The van der Waals surface area contributed by atoms with Crippen LogP contribution >= 0.6 is 0 Å². The van der Waals surface area contributed by atoms with Crippen LogP contribution in [0, 0.1) is 0 Å². The molecule has 1 aromatic rings. The van der Waals surface area contributed by atoms with Crippen molar-refractivity contribution < 1.29 is 9.90 Å². The summed E-state index contributed by atoms with van der Waals surface area (Å²) < 4.78 is 0. The molecule has 0 bridgehead atoms. The van der Waals surface area contributed by atoms with Crippen molar-refractivity contribution in [1.82, 2.24) is 0 Å². The molecular formula is C10H11NO2. The van der Waals surface area contributed by atoms with Gasteiger partial charge in [0.1, 0.15) is 0 Å². The number of carboxylic acid groups (broad SMARTS) is 1. The number of carbonyl (C=O) groups is 1. The summed E-state index contributed by atoms with van der Waals surface area (Å²) in [6.07, 6.45) is 0.803. The minimum atomic E-state index is -0.840. The number of hydrogen-bond donors (Lipinski definition) is 2. The Labute approximate surface area is 76.4 Å². The van der Waals surface area contributed by atoms with Crippen molar-refractivity contribution in [2.75, 3.05) is 5.32 Å². The molecule has 0 aromatic heterocycles. The Hall–Kier alpha value is -1.51. The highest BCUT2D eigenvalue weighted by Gasteiger charge is 2.21. The van der Waals surface area contributed by atoms with E-state index in [9.17, 15) is 4.79 Å². The second-order valence-corrected chi connectivity index (χ2v) is 3.39. The van der Waals surface area contributed by atoms with Crippen LogP contribution in [0.2, 0.25) is 0 Å². The van der Waals surface area contributed by atoms with Crippen molar-refractivity contribution in [3.63, 3.8) is 0 Å². The molecular weight excluding hydrogens is 166 g/mol. The molecule has 0 radical (unpaired) electrons. The predicted molar refractivity (Wildman–Crippen MR) is 50.2 cm³/mol. The fraction of sp³-hybridized carbons (Fsp3) is 0.300. The molecule has 2 N–H and O–H groups in total. The molecule has 1 aliphatic rings. The lowest BCUT2D eigenvalue weighted by molar-refractivity contribution is 0.0696. The minimum Gasteiger partial charge on any atom is -0.478 e. The third-order valence-electron chi connectivity index (χ3n) is 2.32. The molecule has 1 aliphatic heterocycles. The van der Waals surface area contributed by atoms with Gasteiger partial charge in [-0.15, -0.1) is 0 Å². The number of anilines is 1. The predicted octanol–water partition coefficient (Wildman–Crippen LogP) is 1.74. The van der Waals surface area contributed by atoms with Crippen molar-refractivity contribution in [1.29, 1.82) is 0 Å². The lowest BCUT2D eigenvalue weighted by Gasteiger charge is -2.02. The first-order chi connectivity index (χ1) is 6.18. The van der Waals surface area contributed by atoms with Gasteiger partial charge in [-0.25, -0.2) is 4.79 Å². The monoisotopic (exact) mass is 177 g/mol. The van der Waals surface area contributed by atoms with Gasteiger partial charge in [0.2, 0.25) is 0 Å². The van der Waals surface area contributed by atoms with E-state index in [2.05, 4.69) is 5.32 Å². The summed E-state index contributed by atoms with van der Waals surface area (Å²) in [4.78, 5) is 10.8. The van der Waals surface area contributed by atoms with E-state index in [1.807, 2.05) is 13.0 Å². The topological polar surface area (TPSA) is 49.3 Å². The van der Waals surface area contributed by atoms with E-state index < -0.39 is 5.97 Å². The van der Waals surface area contributed by atoms with Gasteiger partial charge in [-0.1, -0.05) is 6.07 Å². The van der Waals surface area contributed by atoms with Gasteiger partial charge in [-0.3, -0.25) is 0 Å². The zero-order valence-electron chi connectivity index (χ0n) is 7.37. The van der Waals surface area contributed by atoms with Gasteiger partial charge in [0.25, 0.3) is 0 Å². The van der Waals surface area contributed by atoms with Gasteiger partial charge in [0, 0.05) is 11.7 Å². The molecule has 0 saturated heterocycles. The molecule has 68 valence electrons. The number of fused-ring (bicyclic) bond motifs is 1. The average Bonchev–Trinajstić information content (AvgIpc) is 2.43. The summed E-state index contributed by atoms with van der Waals surface area (Å²) in [6, 6.07) is 5.69. The molecule has 1 aromatic carbocycles. The number of aromatic carboxylic acids is 1. The zero-order valence-corrected chi connectivity index (χ0v) is 7.37. The molecule has 0 amide bonds. The van der Waals surface area contributed by atoms with E-state index in [0.29, 0.717) is 11.6 Å². The Kier molecular flexibility index (Phi) is 1.72. The molecule has 3 heteroatoms. The third kappa shape index (κ3) is 1.26. The van der Waals surface area contributed by atoms with Crippen LogP contribution in [0.25, 0.3) is 0 Å². The van der Waals surface area contributed by atoms with Gasteiger partial charge in [0.05, 0.1) is 5.56 Å². The molecule has 13 heavy (non-hydrogen) atoms. The maximum absolute atomic E-state index is 10.8. The third-order valence-corrected chi connectivity index (χ3v) is 2.32. The van der Waals surface area contributed by atoms with E-state index >= 15 is 0 Å². The summed E-state index contributed by atoms with van der Waals surface area (Å²) in [6.45, 7) is 2.05. The van der Waals surface area contributed by atoms with Gasteiger partial charge in [-0.2, -0.15) is 0 Å². The Morgan fingerprint density at radius 2 is 2.38 bits per heavy atom. The highest BCUT2D eigenvalue weighted by molar-refractivity contribution is 5.92. The standard InChI is InChI=1S/C10H11NO2/c1-6-5-8-7(10(12)13)3-2-4-9(8)11-6/h2-4,6,11H,5H2,1H3,(H,12,13)/t6-/m1/s1. The number of benzene rings is 1. The summed E-state index contributed by atoms with van der Waals surface area (Å²) in [5.74, 6) is -0.840. The Bertz CT molecular complexity index is 360. The van der Waals surface area contributed by atoms with Crippen LogP contribution in [0.4, 0.5) is 5.69 Å². The quantitative estimate of drug-likeness (QED) is 0.687. The Morgan fingerprint density at radius 1 is 1.62 bits per heavy atom. The molecule has 0 aliphatic carbocycles. The summed E-state index contributed by atoms with van der Waals surface area (Å²) in [5.41, 5.74) is 2.32. The zero-order chi connectivity index (χ0) is 9.42. The van der Waals surface area contributed by atoms with Crippen molar-refractivity contribution in [2.45, 2.75) is 19.4 Å². The van der Waals surface area contributed by atoms with Crippen LogP contribution in [0.1, 0.15) is 22.8 Å². The van der Waals surface area contributed by atoms with E-state index in [0.717, 1.165) is 17.7 Å². The number of carboxylic acids is 1. The van der Waals surface area contributed by atoms with E-state index in [-0.39, 0.29) is 0 Å². The molecule has 1 atom stereocenters. The van der Waals surface area contributed by atoms with Gasteiger partial charge in [0.15, 0.2) is 0 Å². The fourth-order valence-electron chi connectivity index (χ4n) is 1.77. The number of nitrogens with one attached hydrogen (secondary N) is 1. The smallest absolute Gasteiger partial charge is 0.336 e. The van der Waals surface area contributed by atoms with Gasteiger partial charge < -0.3 is 10.4 Å². The SMILES string of the molecule is C[C@@H]1Cc2c(cccc2C(=O)O)N1. The van der Waals surface area contributed by atoms with Crippen molar-refractivity contribution in [3.05, 3.63) is 29.3 Å². The van der Waals surface area contributed by atoms with Crippen molar-refractivity contribution in [3.8, 4) is 0 Å². The molecule has 0 fully saturated rings. The fourth-order valence-corrected chi connectivity index (χ4v) is 1.77. The van der Waals surface area contributed by atoms with E-state index in [1.165, 1.54) is 0 Å². The van der Waals surface area contributed by atoms with Crippen molar-refractivity contribution >= 4 is 11.7 Å². The second-order valence-electron chi connectivity index (χ2n) is 3.39. The van der Waals surface area contributed by atoms with Gasteiger partial charge >= 0.3 is 5.97 Å². The van der Waals surface area contributed by atoms with Crippen LogP contribution in [0.15, 0.2) is 18.2 Å². The van der Waals surface area contributed by atoms with E-state index in [1.54, 1.807) is 12.1 Å². The van der Waals surface area contributed by atoms with Crippen LogP contribution in [0.5, 0.6) is 0 Å². The summed E-state index contributed by atoms with van der Waals surface area (Å²) >= 11 is 0. The van der Waals surface area contributed by atoms with Crippen LogP contribution in [-0.4, -0.2) is 17.1 Å². The number of rotatable bonds is 1. The lowest BCUT2D eigenvalue weighted by Crippen LogP contribution is -2.08. The first-order valence-corrected chi connectivity index (χ1v) is 4.30. The molecule has 2 rings (SSSR count). The summed E-state index contributed by atoms with van der Waals surface area (Å²) in [5, 5.41) is 12.1. The highest BCUT2D eigenvalue weighted by atomic mass is 16.4.